The molecule has 9 heteroatoms. The standard InChI is InChI=1S/C28H22F2N2O5/c1-14-10-11-16(19(12-14)27(34)35)26(33)32-22(28(36)37-2)13-18-15-6-3-4-9-21(15)31-24(18)25(32)17-7-5-8-20(29)23(17)30/h3-12,22,25,31H,13H2,1-2H3,(H,34,35)/t22-,25+/m0/s1. The van der Waals surface area contributed by atoms with Crippen molar-refractivity contribution < 1.29 is 33.0 Å². The highest BCUT2D eigenvalue weighted by Gasteiger charge is 2.46. The Balaban J connectivity index is 1.81. The number of halogens is 2. The van der Waals surface area contributed by atoms with Crippen LogP contribution >= 0.6 is 0 Å². The first-order valence-electron chi connectivity index (χ1n) is 11.5. The number of aryl methyl sites for hydroxylation is 1. The molecule has 2 N–H and O–H groups in total. The molecule has 0 fully saturated rings. The summed E-state index contributed by atoms with van der Waals surface area (Å²) in [4.78, 5) is 43.5. The van der Waals surface area contributed by atoms with E-state index in [-0.39, 0.29) is 23.1 Å². The molecule has 2 heterocycles. The summed E-state index contributed by atoms with van der Waals surface area (Å²) in [5.74, 6) is -5.23. The van der Waals surface area contributed by atoms with E-state index in [1.165, 1.54) is 31.4 Å². The molecule has 0 saturated heterocycles. The van der Waals surface area contributed by atoms with E-state index in [9.17, 15) is 23.9 Å². The summed E-state index contributed by atoms with van der Waals surface area (Å²) in [6.07, 6.45) is 0.0272. The number of carbonyl (C=O) groups excluding carboxylic acids is 2. The zero-order valence-electron chi connectivity index (χ0n) is 19.9. The summed E-state index contributed by atoms with van der Waals surface area (Å²) >= 11 is 0. The molecule has 1 amide bonds. The quantitative estimate of drug-likeness (QED) is 0.390. The van der Waals surface area contributed by atoms with Crippen molar-refractivity contribution in [1.82, 2.24) is 9.88 Å². The van der Waals surface area contributed by atoms with Crippen molar-refractivity contribution in [2.45, 2.75) is 25.4 Å². The molecular weight excluding hydrogens is 482 g/mol. The topological polar surface area (TPSA) is 99.7 Å². The molecule has 37 heavy (non-hydrogen) atoms. The minimum atomic E-state index is -1.33. The van der Waals surface area contributed by atoms with Gasteiger partial charge in [-0.05, 0) is 36.8 Å². The third-order valence-electron chi connectivity index (χ3n) is 6.75. The van der Waals surface area contributed by atoms with Gasteiger partial charge in [0, 0.05) is 28.6 Å². The summed E-state index contributed by atoms with van der Waals surface area (Å²) in [7, 11) is 1.17. The Labute approximate surface area is 210 Å². The van der Waals surface area contributed by atoms with Crippen molar-refractivity contribution in [3.8, 4) is 0 Å². The average Bonchev–Trinajstić information content (AvgIpc) is 3.27. The number of aromatic carboxylic acids is 1. The predicted octanol–water partition coefficient (Wildman–Crippen LogP) is 4.78. The highest BCUT2D eigenvalue weighted by atomic mass is 19.2. The van der Waals surface area contributed by atoms with Gasteiger partial charge in [-0.3, -0.25) is 4.79 Å². The SMILES string of the molecule is COC(=O)[C@@H]1Cc2c([nH]c3ccccc23)[C@@H](c2cccc(F)c2F)N1C(=O)c1ccc(C)cc1C(=O)O. The lowest BCUT2D eigenvalue weighted by Crippen LogP contribution is -2.52. The van der Waals surface area contributed by atoms with Gasteiger partial charge in [0.05, 0.1) is 18.2 Å². The Morgan fingerprint density at radius 3 is 2.51 bits per heavy atom. The van der Waals surface area contributed by atoms with Gasteiger partial charge in [0.1, 0.15) is 12.1 Å². The number of esters is 1. The number of benzene rings is 3. The van der Waals surface area contributed by atoms with Crippen LogP contribution < -0.4 is 0 Å². The molecule has 0 spiro atoms. The maximum Gasteiger partial charge on any atom is 0.336 e. The summed E-state index contributed by atoms with van der Waals surface area (Å²) in [5, 5.41) is 10.6. The molecule has 3 aromatic carbocycles. The number of fused-ring (bicyclic) bond motifs is 3. The fourth-order valence-electron chi connectivity index (χ4n) is 5.07. The molecule has 1 aliphatic heterocycles. The van der Waals surface area contributed by atoms with Crippen molar-refractivity contribution in [2.75, 3.05) is 7.11 Å². The Bertz CT molecular complexity index is 1580. The number of hydrogen-bond donors (Lipinski definition) is 2. The van der Waals surface area contributed by atoms with E-state index in [1.54, 1.807) is 25.1 Å². The number of para-hydroxylation sites is 1. The summed E-state index contributed by atoms with van der Waals surface area (Å²) in [5.41, 5.74) is 1.73. The number of H-pyrrole nitrogens is 1. The average molecular weight is 504 g/mol. The summed E-state index contributed by atoms with van der Waals surface area (Å²) in [6, 6.07) is 12.6. The van der Waals surface area contributed by atoms with Gasteiger partial charge < -0.3 is 19.7 Å². The first kappa shape index (κ1) is 24.2. The zero-order valence-corrected chi connectivity index (χ0v) is 19.9. The first-order valence-corrected chi connectivity index (χ1v) is 11.5. The first-order chi connectivity index (χ1) is 17.7. The Morgan fingerprint density at radius 1 is 1.03 bits per heavy atom. The van der Waals surface area contributed by atoms with Crippen LogP contribution in [-0.4, -0.2) is 46.0 Å². The lowest BCUT2D eigenvalue weighted by Gasteiger charge is -2.41. The minimum Gasteiger partial charge on any atom is -0.478 e. The molecule has 0 bridgehead atoms. The molecule has 1 aromatic heterocycles. The second-order valence-electron chi connectivity index (χ2n) is 8.92. The van der Waals surface area contributed by atoms with Crippen LogP contribution in [0.4, 0.5) is 8.78 Å². The Hall–Kier alpha value is -4.53. The molecule has 7 nitrogen and oxygen atoms in total. The fraction of sp³-hybridized carbons (Fsp3) is 0.179. The van der Waals surface area contributed by atoms with Gasteiger partial charge in [-0.1, -0.05) is 42.0 Å². The number of carboxylic acid groups (broad SMARTS) is 1. The monoisotopic (exact) mass is 504 g/mol. The smallest absolute Gasteiger partial charge is 0.336 e. The molecule has 188 valence electrons. The number of carboxylic acids is 1. The van der Waals surface area contributed by atoms with E-state index in [2.05, 4.69) is 4.98 Å². The lowest BCUT2D eigenvalue weighted by molar-refractivity contribution is -0.147. The van der Waals surface area contributed by atoms with Crippen molar-refractivity contribution >= 4 is 28.7 Å². The minimum absolute atomic E-state index is 0.0272. The van der Waals surface area contributed by atoms with Gasteiger partial charge in [0.25, 0.3) is 5.91 Å². The number of methoxy groups -OCH3 is 1. The number of amides is 1. The van der Waals surface area contributed by atoms with E-state index in [4.69, 9.17) is 4.74 Å². The highest BCUT2D eigenvalue weighted by molar-refractivity contribution is 6.06. The van der Waals surface area contributed by atoms with Crippen LogP contribution in [-0.2, 0) is 16.0 Å². The molecule has 4 aromatic rings. The number of aromatic nitrogens is 1. The van der Waals surface area contributed by atoms with Crippen molar-refractivity contribution in [3.05, 3.63) is 106 Å². The van der Waals surface area contributed by atoms with Gasteiger partial charge in [-0.25, -0.2) is 18.4 Å². The molecule has 0 unspecified atom stereocenters. The van der Waals surface area contributed by atoms with Crippen LogP contribution in [0.15, 0.2) is 60.7 Å². The molecule has 2 atom stereocenters. The largest absolute Gasteiger partial charge is 0.478 e. The van der Waals surface area contributed by atoms with Gasteiger partial charge in [-0.15, -0.1) is 0 Å². The van der Waals surface area contributed by atoms with Gasteiger partial charge in [-0.2, -0.15) is 0 Å². The van der Waals surface area contributed by atoms with Gasteiger partial charge >= 0.3 is 11.9 Å². The molecule has 0 saturated carbocycles. The van der Waals surface area contributed by atoms with E-state index < -0.39 is 41.6 Å². The number of carbonyl (C=O) groups is 3. The van der Waals surface area contributed by atoms with Gasteiger partial charge in [0.2, 0.25) is 0 Å². The third-order valence-corrected chi connectivity index (χ3v) is 6.75. The number of aromatic amines is 1. The maximum atomic E-state index is 15.3. The van der Waals surface area contributed by atoms with E-state index in [0.717, 1.165) is 16.4 Å². The summed E-state index contributed by atoms with van der Waals surface area (Å²) in [6.45, 7) is 1.68. The number of nitrogens with one attached hydrogen (secondary N) is 1. The second-order valence-corrected chi connectivity index (χ2v) is 8.92. The van der Waals surface area contributed by atoms with E-state index in [1.807, 2.05) is 12.1 Å². The Kier molecular flexibility index (Phi) is 5.99. The van der Waals surface area contributed by atoms with Crippen LogP contribution in [0, 0.1) is 18.6 Å². The van der Waals surface area contributed by atoms with Crippen LogP contribution in [0.1, 0.15) is 49.1 Å². The second kappa shape index (κ2) is 9.16. The van der Waals surface area contributed by atoms with Gasteiger partial charge in [0.15, 0.2) is 11.6 Å². The number of rotatable bonds is 4. The van der Waals surface area contributed by atoms with Crippen LogP contribution in [0.3, 0.4) is 0 Å². The zero-order chi connectivity index (χ0) is 26.4. The lowest BCUT2D eigenvalue weighted by atomic mass is 9.86. The molecule has 0 aliphatic carbocycles. The van der Waals surface area contributed by atoms with E-state index in [0.29, 0.717) is 22.3 Å². The van der Waals surface area contributed by atoms with Crippen LogP contribution in [0.2, 0.25) is 0 Å². The van der Waals surface area contributed by atoms with Crippen molar-refractivity contribution in [2.24, 2.45) is 0 Å². The maximum absolute atomic E-state index is 15.3. The molecule has 0 radical (unpaired) electrons. The molecular formula is C28H22F2N2O5. The third kappa shape index (κ3) is 3.92. The number of nitrogens with zero attached hydrogens (tertiary/aromatic N) is 1. The van der Waals surface area contributed by atoms with Crippen LogP contribution in [0.25, 0.3) is 10.9 Å². The summed E-state index contributed by atoms with van der Waals surface area (Å²) < 4.78 is 34.8. The highest BCUT2D eigenvalue weighted by Crippen LogP contribution is 2.43. The van der Waals surface area contributed by atoms with Crippen LogP contribution in [0.5, 0.6) is 0 Å². The number of ether oxygens (including phenoxy) is 1. The fourth-order valence-corrected chi connectivity index (χ4v) is 5.07. The van der Waals surface area contributed by atoms with Crippen molar-refractivity contribution in [1.29, 1.82) is 0 Å². The normalized spacial score (nSPS) is 16.9. The molecule has 1 aliphatic rings. The van der Waals surface area contributed by atoms with Crippen molar-refractivity contribution in [3.63, 3.8) is 0 Å². The molecule has 5 rings (SSSR count). The predicted molar refractivity (Wildman–Crippen MR) is 130 cm³/mol. The number of hydrogen-bond acceptors (Lipinski definition) is 4. The Morgan fingerprint density at radius 2 is 1.78 bits per heavy atom. The van der Waals surface area contributed by atoms with E-state index >= 15 is 4.39 Å².